The molecule has 0 unspecified atom stereocenters. The lowest BCUT2D eigenvalue weighted by Crippen LogP contribution is -2.41. The molecule has 100 valence electrons. The molecule has 1 rings (SSSR count). The van der Waals surface area contributed by atoms with Crippen LogP contribution < -0.4 is 10.6 Å². The first-order valence-corrected chi connectivity index (χ1v) is 6.19. The van der Waals surface area contributed by atoms with Gasteiger partial charge in [0.1, 0.15) is 0 Å². The van der Waals surface area contributed by atoms with Crippen molar-refractivity contribution in [3.63, 3.8) is 0 Å². The van der Waals surface area contributed by atoms with E-state index in [0.717, 1.165) is 18.7 Å². The highest BCUT2D eigenvalue weighted by Crippen LogP contribution is 2.01. The van der Waals surface area contributed by atoms with E-state index in [4.69, 9.17) is 0 Å². The first-order valence-electron chi connectivity index (χ1n) is 6.19. The van der Waals surface area contributed by atoms with Gasteiger partial charge >= 0.3 is 0 Å². The van der Waals surface area contributed by atoms with E-state index in [-0.39, 0.29) is 11.9 Å². The molecular weight excluding hydrogens is 228 g/mol. The Labute approximate surface area is 109 Å². The van der Waals surface area contributed by atoms with Crippen LogP contribution in [-0.4, -0.2) is 49.0 Å². The summed E-state index contributed by atoms with van der Waals surface area (Å²) >= 11 is 0. The van der Waals surface area contributed by atoms with Crippen LogP contribution in [0.5, 0.6) is 0 Å². The summed E-state index contributed by atoms with van der Waals surface area (Å²) in [7, 11) is 3.79. The molecule has 0 saturated heterocycles. The minimum atomic E-state index is -0.0868. The summed E-state index contributed by atoms with van der Waals surface area (Å²) < 4.78 is 0. The highest BCUT2D eigenvalue weighted by molar-refractivity contribution is 5.81. The van der Waals surface area contributed by atoms with E-state index in [2.05, 4.69) is 15.6 Å². The molecule has 5 nitrogen and oxygen atoms in total. The number of rotatable bonds is 7. The molecule has 18 heavy (non-hydrogen) atoms. The summed E-state index contributed by atoms with van der Waals surface area (Å²) in [4.78, 5) is 17.5. The van der Waals surface area contributed by atoms with Crippen LogP contribution in [0.2, 0.25) is 0 Å². The van der Waals surface area contributed by atoms with Crippen molar-refractivity contribution in [3.8, 4) is 0 Å². The number of carbonyl (C=O) groups is 1. The third-order valence-corrected chi connectivity index (χ3v) is 2.80. The summed E-state index contributed by atoms with van der Waals surface area (Å²) in [6.45, 7) is 3.40. The van der Waals surface area contributed by atoms with Gasteiger partial charge in [-0.3, -0.25) is 14.7 Å². The number of amides is 1. The number of anilines is 1. The lowest BCUT2D eigenvalue weighted by Gasteiger charge is -2.18. The maximum atomic E-state index is 11.6. The minimum Gasteiger partial charge on any atom is -0.384 e. The Bertz CT molecular complexity index is 353. The Hall–Kier alpha value is -1.62. The highest BCUT2D eigenvalue weighted by atomic mass is 16.2. The molecule has 0 fully saturated rings. The van der Waals surface area contributed by atoms with Crippen LogP contribution in [0.15, 0.2) is 24.5 Å². The van der Waals surface area contributed by atoms with Crippen LogP contribution in [0.1, 0.15) is 13.3 Å². The van der Waals surface area contributed by atoms with Crippen LogP contribution in [0, 0.1) is 0 Å². The van der Waals surface area contributed by atoms with Gasteiger partial charge in [-0.25, -0.2) is 0 Å². The van der Waals surface area contributed by atoms with Crippen molar-refractivity contribution < 1.29 is 4.79 Å². The number of carbonyl (C=O) groups excluding carboxylic acids is 1. The molecule has 0 bridgehead atoms. The van der Waals surface area contributed by atoms with Gasteiger partial charge in [0.2, 0.25) is 5.91 Å². The fourth-order valence-electron chi connectivity index (χ4n) is 1.38. The molecule has 1 aromatic heterocycles. The van der Waals surface area contributed by atoms with Crippen LogP contribution in [-0.2, 0) is 4.79 Å². The lowest BCUT2D eigenvalue weighted by molar-refractivity contribution is -0.124. The van der Waals surface area contributed by atoms with Crippen molar-refractivity contribution in [3.05, 3.63) is 24.5 Å². The van der Waals surface area contributed by atoms with E-state index < -0.39 is 0 Å². The van der Waals surface area contributed by atoms with Crippen molar-refractivity contribution in [2.24, 2.45) is 0 Å². The van der Waals surface area contributed by atoms with Gasteiger partial charge in [0.25, 0.3) is 0 Å². The van der Waals surface area contributed by atoms with E-state index in [9.17, 15) is 4.79 Å². The van der Waals surface area contributed by atoms with Crippen molar-refractivity contribution >= 4 is 11.6 Å². The van der Waals surface area contributed by atoms with Gasteiger partial charge in [0.15, 0.2) is 0 Å². The molecular formula is C13H22N4O. The van der Waals surface area contributed by atoms with Crippen LogP contribution in [0.25, 0.3) is 0 Å². The van der Waals surface area contributed by atoms with Crippen molar-refractivity contribution in [1.29, 1.82) is 0 Å². The zero-order valence-corrected chi connectivity index (χ0v) is 11.3. The summed E-state index contributed by atoms with van der Waals surface area (Å²) in [6, 6.07) is 3.78. The SMILES string of the molecule is C[C@@H](C(=O)NCCCNc1cccnc1)N(C)C. The Morgan fingerprint density at radius 1 is 1.44 bits per heavy atom. The molecule has 0 spiro atoms. The minimum absolute atomic E-state index is 0.0707. The number of aromatic nitrogens is 1. The smallest absolute Gasteiger partial charge is 0.237 e. The second kappa shape index (κ2) is 7.66. The molecule has 1 heterocycles. The number of hydrogen-bond donors (Lipinski definition) is 2. The highest BCUT2D eigenvalue weighted by Gasteiger charge is 2.13. The molecule has 1 atom stereocenters. The van der Waals surface area contributed by atoms with Crippen molar-refractivity contribution in [1.82, 2.24) is 15.2 Å². The summed E-state index contributed by atoms with van der Waals surface area (Å²) in [5.74, 6) is 0.0707. The Morgan fingerprint density at radius 3 is 2.83 bits per heavy atom. The number of nitrogens with one attached hydrogen (secondary N) is 2. The third kappa shape index (κ3) is 5.14. The second-order valence-corrected chi connectivity index (χ2v) is 4.45. The van der Waals surface area contributed by atoms with Crippen molar-refractivity contribution in [2.75, 3.05) is 32.5 Å². The Balaban J connectivity index is 2.11. The van der Waals surface area contributed by atoms with Crippen LogP contribution in [0.3, 0.4) is 0 Å². The fraction of sp³-hybridized carbons (Fsp3) is 0.538. The number of pyridine rings is 1. The van der Waals surface area contributed by atoms with Gasteiger partial charge in [-0.1, -0.05) is 0 Å². The van der Waals surface area contributed by atoms with Gasteiger partial charge < -0.3 is 10.6 Å². The molecule has 1 amide bonds. The Morgan fingerprint density at radius 2 is 2.22 bits per heavy atom. The predicted molar refractivity (Wildman–Crippen MR) is 73.5 cm³/mol. The van der Waals surface area contributed by atoms with Crippen molar-refractivity contribution in [2.45, 2.75) is 19.4 Å². The topological polar surface area (TPSA) is 57.3 Å². The predicted octanol–water partition coefficient (Wildman–Crippen LogP) is 0.950. The standard InChI is InChI=1S/C13H22N4O/c1-11(17(2)3)13(18)16-9-5-8-15-12-6-4-7-14-10-12/h4,6-7,10-11,15H,5,8-9H2,1-3H3,(H,16,18)/t11-/m0/s1. The molecule has 0 saturated carbocycles. The van der Waals surface area contributed by atoms with Crippen LogP contribution in [0.4, 0.5) is 5.69 Å². The molecule has 0 aliphatic rings. The lowest BCUT2D eigenvalue weighted by atomic mass is 10.3. The maximum absolute atomic E-state index is 11.6. The zero-order valence-electron chi connectivity index (χ0n) is 11.3. The molecule has 0 aliphatic heterocycles. The molecule has 5 heteroatoms. The second-order valence-electron chi connectivity index (χ2n) is 4.45. The first-order chi connectivity index (χ1) is 8.61. The molecule has 1 aromatic rings. The fourth-order valence-corrected chi connectivity index (χ4v) is 1.38. The van der Waals surface area contributed by atoms with E-state index in [1.807, 2.05) is 38.1 Å². The third-order valence-electron chi connectivity index (χ3n) is 2.80. The Kier molecular flexibility index (Phi) is 6.14. The largest absolute Gasteiger partial charge is 0.384 e. The summed E-state index contributed by atoms with van der Waals surface area (Å²) in [6.07, 6.45) is 4.42. The summed E-state index contributed by atoms with van der Waals surface area (Å²) in [5, 5.41) is 6.16. The molecule has 0 aromatic carbocycles. The van der Waals surface area contributed by atoms with E-state index in [1.54, 1.807) is 12.4 Å². The monoisotopic (exact) mass is 250 g/mol. The van der Waals surface area contributed by atoms with Crippen LogP contribution >= 0.6 is 0 Å². The molecule has 0 radical (unpaired) electrons. The first kappa shape index (κ1) is 14.4. The molecule has 2 N–H and O–H groups in total. The van der Waals surface area contributed by atoms with Gasteiger partial charge in [-0.15, -0.1) is 0 Å². The number of nitrogens with zero attached hydrogens (tertiary/aromatic N) is 2. The van der Waals surface area contributed by atoms with E-state index in [1.165, 1.54) is 0 Å². The van der Waals surface area contributed by atoms with Gasteiger partial charge in [-0.05, 0) is 39.6 Å². The van der Waals surface area contributed by atoms with Gasteiger partial charge in [0, 0.05) is 25.5 Å². The summed E-state index contributed by atoms with van der Waals surface area (Å²) in [5.41, 5.74) is 1.01. The normalized spacial score (nSPS) is 12.2. The van der Waals surface area contributed by atoms with E-state index in [0.29, 0.717) is 6.54 Å². The van der Waals surface area contributed by atoms with Gasteiger partial charge in [0.05, 0.1) is 11.7 Å². The van der Waals surface area contributed by atoms with E-state index >= 15 is 0 Å². The molecule has 0 aliphatic carbocycles. The number of hydrogen-bond acceptors (Lipinski definition) is 4. The number of likely N-dealkylation sites (N-methyl/N-ethyl adjacent to an activating group) is 1. The van der Waals surface area contributed by atoms with Gasteiger partial charge in [-0.2, -0.15) is 0 Å². The maximum Gasteiger partial charge on any atom is 0.237 e. The zero-order chi connectivity index (χ0) is 13.4. The average Bonchev–Trinajstić information content (AvgIpc) is 2.38. The quantitative estimate of drug-likeness (QED) is 0.707. The average molecular weight is 250 g/mol.